The minimum absolute atomic E-state index is 0.0218. The van der Waals surface area contributed by atoms with Gasteiger partial charge in [-0.25, -0.2) is 0 Å². The predicted octanol–water partition coefficient (Wildman–Crippen LogP) is 3.39. The van der Waals surface area contributed by atoms with Crippen LogP contribution < -0.4 is 5.32 Å². The van der Waals surface area contributed by atoms with Crippen molar-refractivity contribution in [3.05, 3.63) is 12.2 Å². The summed E-state index contributed by atoms with van der Waals surface area (Å²) < 4.78 is 35.3. The Balaban J connectivity index is 3.66. The Labute approximate surface area is 209 Å². The van der Waals surface area contributed by atoms with Crippen LogP contribution in [0.4, 0.5) is 0 Å². The molecule has 0 rings (SSSR count). The van der Waals surface area contributed by atoms with E-state index in [0.717, 1.165) is 51.4 Å². The molecule has 0 aromatic carbocycles. The number of nitrogens with one attached hydrogen (secondary N) is 1. The van der Waals surface area contributed by atoms with Gasteiger partial charge in [-0.1, -0.05) is 64.0 Å². The maximum Gasteiger partial charge on any atom is 0.325 e. The van der Waals surface area contributed by atoms with Crippen LogP contribution in [0.3, 0.4) is 0 Å². The van der Waals surface area contributed by atoms with E-state index in [1.807, 2.05) is 0 Å². The van der Waals surface area contributed by atoms with E-state index < -0.39 is 33.7 Å². The molecular formula is C24H43NO9S. The smallest absolute Gasteiger partial charge is 0.325 e. The number of esters is 1. The van der Waals surface area contributed by atoms with Crippen LogP contribution in [0.2, 0.25) is 0 Å². The first-order valence-electron chi connectivity index (χ1n) is 12.5. The van der Waals surface area contributed by atoms with Gasteiger partial charge in [-0.3, -0.25) is 18.9 Å². The van der Waals surface area contributed by atoms with Crippen molar-refractivity contribution in [2.45, 2.75) is 108 Å². The average molecular weight is 522 g/mol. The lowest BCUT2D eigenvalue weighted by Crippen LogP contribution is -2.33. The highest BCUT2D eigenvalue weighted by molar-refractivity contribution is 7.87. The topological polar surface area (TPSA) is 167 Å². The zero-order valence-corrected chi connectivity index (χ0v) is 21.6. The normalized spacial score (nSPS) is 13.5. The van der Waals surface area contributed by atoms with Gasteiger partial charge in [0.2, 0.25) is 5.91 Å². The predicted molar refractivity (Wildman–Crippen MR) is 132 cm³/mol. The molecule has 0 fully saturated rings. The molecule has 1 amide bonds. The molecule has 0 aliphatic rings. The molecule has 10 nitrogen and oxygen atoms in total. The van der Waals surface area contributed by atoms with Crippen molar-refractivity contribution in [2.24, 2.45) is 0 Å². The second kappa shape index (κ2) is 20.2. The number of hydrogen-bond acceptors (Lipinski definition) is 7. The molecule has 0 spiro atoms. The van der Waals surface area contributed by atoms with Gasteiger partial charge in [0.05, 0.1) is 19.1 Å². The molecule has 0 saturated heterocycles. The van der Waals surface area contributed by atoms with Gasteiger partial charge < -0.3 is 20.3 Å². The first kappa shape index (κ1) is 33.0. The summed E-state index contributed by atoms with van der Waals surface area (Å²) in [5.41, 5.74) is 0. The molecular weight excluding hydrogens is 478 g/mol. The molecule has 35 heavy (non-hydrogen) atoms. The number of aliphatic hydroxyl groups is 1. The van der Waals surface area contributed by atoms with Crippen LogP contribution in [0, 0.1) is 0 Å². The van der Waals surface area contributed by atoms with E-state index in [2.05, 4.69) is 24.4 Å². The average Bonchev–Trinajstić information content (AvgIpc) is 2.78. The Morgan fingerprint density at radius 2 is 1.63 bits per heavy atom. The molecule has 0 radical (unpaired) electrons. The molecule has 0 unspecified atom stereocenters. The molecule has 4 N–H and O–H groups in total. The zero-order chi connectivity index (χ0) is 26.5. The van der Waals surface area contributed by atoms with Crippen LogP contribution in [0.5, 0.6) is 0 Å². The third-order valence-electron chi connectivity index (χ3n) is 5.41. The van der Waals surface area contributed by atoms with Gasteiger partial charge in [-0.15, -0.1) is 0 Å². The van der Waals surface area contributed by atoms with Crippen molar-refractivity contribution in [1.82, 2.24) is 5.32 Å². The molecule has 2 atom stereocenters. The summed E-state index contributed by atoms with van der Waals surface area (Å²) in [6.07, 6.45) is 15.4. The molecule has 0 heterocycles. The van der Waals surface area contributed by atoms with Gasteiger partial charge in [-0.2, -0.15) is 8.42 Å². The lowest BCUT2D eigenvalue weighted by Gasteiger charge is -2.10. The van der Waals surface area contributed by atoms with Crippen LogP contribution in [0.25, 0.3) is 0 Å². The lowest BCUT2D eigenvalue weighted by molar-refractivity contribution is -0.147. The summed E-state index contributed by atoms with van der Waals surface area (Å²) in [5, 5.41) is 18.9. The number of carboxylic acid groups (broad SMARTS) is 1. The van der Waals surface area contributed by atoms with Crippen molar-refractivity contribution in [3.8, 4) is 0 Å². The summed E-state index contributed by atoms with van der Waals surface area (Å²) in [5.74, 6) is -3.14. The largest absolute Gasteiger partial charge is 0.480 e. The standard InChI is InChI=1S/C24H43NO9S/c1-2-3-4-11-14-20(26)15-12-9-7-5-6-8-10-13-16-22(27)25-17-18-34-23(28)19-21(24(29)30)35(31,32)33/h9,12,20-21,26H,2-8,10-11,13-19H2,1H3,(H,25,27)(H,29,30)(H,31,32,33)/b12-9+/t20-,21+/m0/s1. The van der Waals surface area contributed by atoms with Crippen LogP contribution in [-0.4, -0.2) is 65.5 Å². The number of aliphatic hydroxyl groups excluding tert-OH is 1. The fourth-order valence-corrected chi connectivity index (χ4v) is 3.95. The summed E-state index contributed by atoms with van der Waals surface area (Å²) in [7, 11) is -4.92. The quantitative estimate of drug-likeness (QED) is 0.0722. The summed E-state index contributed by atoms with van der Waals surface area (Å²) in [6, 6.07) is 0. The first-order chi connectivity index (χ1) is 16.6. The Morgan fingerprint density at radius 3 is 2.29 bits per heavy atom. The van der Waals surface area contributed by atoms with Crippen LogP contribution in [0.1, 0.15) is 96.8 Å². The van der Waals surface area contributed by atoms with Gasteiger partial charge in [-0.05, 0) is 32.1 Å². The number of carbonyl (C=O) groups is 3. The first-order valence-corrected chi connectivity index (χ1v) is 14.0. The van der Waals surface area contributed by atoms with E-state index in [9.17, 15) is 27.9 Å². The molecule has 0 saturated carbocycles. The van der Waals surface area contributed by atoms with Crippen molar-refractivity contribution in [3.63, 3.8) is 0 Å². The Bertz CT molecular complexity index is 737. The second-order valence-electron chi connectivity index (χ2n) is 8.63. The fraction of sp³-hybridized carbons (Fsp3) is 0.792. The third kappa shape index (κ3) is 20.0. The van der Waals surface area contributed by atoms with Gasteiger partial charge >= 0.3 is 11.9 Å². The number of carboxylic acids is 1. The summed E-state index contributed by atoms with van der Waals surface area (Å²) >= 11 is 0. The van der Waals surface area contributed by atoms with E-state index >= 15 is 0 Å². The number of rotatable bonds is 22. The van der Waals surface area contributed by atoms with E-state index in [1.165, 1.54) is 19.3 Å². The number of carbonyl (C=O) groups excluding carboxylic acids is 2. The number of amides is 1. The van der Waals surface area contributed by atoms with Gasteiger partial charge in [0.15, 0.2) is 5.25 Å². The fourth-order valence-electron chi connectivity index (χ4n) is 3.35. The van der Waals surface area contributed by atoms with Crippen LogP contribution >= 0.6 is 0 Å². The summed E-state index contributed by atoms with van der Waals surface area (Å²) in [6.45, 7) is 1.96. The minimum atomic E-state index is -4.92. The molecule has 0 aromatic heterocycles. The van der Waals surface area contributed by atoms with Gasteiger partial charge in [0.25, 0.3) is 10.1 Å². The van der Waals surface area contributed by atoms with Gasteiger partial charge in [0.1, 0.15) is 6.61 Å². The molecule has 0 aromatic rings. The van der Waals surface area contributed by atoms with Gasteiger partial charge in [0, 0.05) is 6.42 Å². The van der Waals surface area contributed by atoms with Crippen molar-refractivity contribution in [1.29, 1.82) is 0 Å². The highest BCUT2D eigenvalue weighted by atomic mass is 32.2. The minimum Gasteiger partial charge on any atom is -0.480 e. The van der Waals surface area contributed by atoms with E-state index in [0.29, 0.717) is 12.8 Å². The molecule has 0 aliphatic heterocycles. The number of allylic oxidation sites excluding steroid dienone is 1. The second-order valence-corrected chi connectivity index (χ2v) is 10.2. The van der Waals surface area contributed by atoms with Crippen molar-refractivity contribution in [2.75, 3.05) is 13.2 Å². The van der Waals surface area contributed by atoms with Crippen molar-refractivity contribution >= 4 is 28.0 Å². The van der Waals surface area contributed by atoms with E-state index in [4.69, 9.17) is 14.4 Å². The molecule has 0 bridgehead atoms. The van der Waals surface area contributed by atoms with Crippen molar-refractivity contribution < 1.29 is 42.3 Å². The molecule has 0 aliphatic carbocycles. The van der Waals surface area contributed by atoms with E-state index in [1.54, 1.807) is 0 Å². The Kier molecular flexibility index (Phi) is 19.1. The maximum atomic E-state index is 11.8. The number of aliphatic carboxylic acids is 1. The lowest BCUT2D eigenvalue weighted by atomic mass is 10.1. The third-order valence-corrected chi connectivity index (χ3v) is 6.50. The zero-order valence-electron chi connectivity index (χ0n) is 20.8. The number of ether oxygens (including phenoxy) is 1. The Hall–Kier alpha value is -1.98. The number of hydrogen-bond donors (Lipinski definition) is 4. The van der Waals surface area contributed by atoms with Crippen LogP contribution in [0.15, 0.2) is 12.2 Å². The monoisotopic (exact) mass is 521 g/mol. The highest BCUT2D eigenvalue weighted by Gasteiger charge is 2.33. The molecule has 204 valence electrons. The maximum absolute atomic E-state index is 11.8. The number of unbranched alkanes of at least 4 members (excludes halogenated alkanes) is 8. The Morgan fingerprint density at radius 1 is 0.971 bits per heavy atom. The highest BCUT2D eigenvalue weighted by Crippen LogP contribution is 2.11. The van der Waals surface area contributed by atoms with Crippen LogP contribution in [-0.2, 0) is 29.2 Å². The van der Waals surface area contributed by atoms with E-state index in [-0.39, 0.29) is 25.2 Å². The molecule has 11 heteroatoms. The SMILES string of the molecule is CCCCCC[C@H](O)C/C=C/CCCCCCCC(=O)NCCOC(=O)C[C@H](C(=O)O)S(=O)(=O)O. The summed E-state index contributed by atoms with van der Waals surface area (Å²) in [4.78, 5) is 34.1.